The first-order chi connectivity index (χ1) is 21.0. The third-order valence-electron chi connectivity index (χ3n) is 9.53. The molecule has 0 radical (unpaired) electrons. The average molecular weight is 655 g/mol. The van der Waals surface area contributed by atoms with E-state index in [0.29, 0.717) is 34.3 Å². The van der Waals surface area contributed by atoms with Gasteiger partial charge in [-0.2, -0.15) is 0 Å². The molecule has 1 fully saturated rings. The molecule has 5 rings (SSSR count). The standard InChI is InChI=1S/C35H41Cl2N3O3S/c1-25(2)32(41)38(3)24-34(28-14-15-30(36)31(37)22-28,39(4)33(42)26-10-6-5-7-11-26)16-19-40-20-17-35(18-21-40)29-13-9-8-12-27(29)23-44(35)43/h5-15,22,25H,16-21,23-24H2,1-4H3/t34-,44?/m1/s1. The highest BCUT2D eigenvalue weighted by Crippen LogP contribution is 2.47. The van der Waals surface area contributed by atoms with Crippen molar-refractivity contribution in [1.82, 2.24) is 14.7 Å². The number of nitrogens with zero attached hydrogens (tertiary/aromatic N) is 3. The second kappa shape index (κ2) is 13.3. The van der Waals surface area contributed by atoms with Crippen LogP contribution in [-0.4, -0.2) is 71.0 Å². The topological polar surface area (TPSA) is 60.9 Å². The lowest BCUT2D eigenvalue weighted by atomic mass is 9.82. The molecule has 3 aromatic rings. The number of hydrogen-bond acceptors (Lipinski definition) is 4. The molecule has 2 heterocycles. The van der Waals surface area contributed by atoms with Gasteiger partial charge in [0.2, 0.25) is 5.91 Å². The molecule has 9 heteroatoms. The second-order valence-electron chi connectivity index (χ2n) is 12.5. The smallest absolute Gasteiger partial charge is 0.254 e. The Morgan fingerprint density at radius 3 is 2.27 bits per heavy atom. The molecule has 1 saturated heterocycles. The van der Waals surface area contributed by atoms with E-state index in [4.69, 9.17) is 23.2 Å². The summed E-state index contributed by atoms with van der Waals surface area (Å²) in [6, 6.07) is 23.1. The van der Waals surface area contributed by atoms with E-state index < -0.39 is 16.3 Å². The summed E-state index contributed by atoms with van der Waals surface area (Å²) >= 11 is 13.0. The molecule has 2 aliphatic rings. The minimum Gasteiger partial charge on any atom is -0.343 e. The lowest BCUT2D eigenvalue weighted by Gasteiger charge is -2.47. The highest BCUT2D eigenvalue weighted by molar-refractivity contribution is 7.85. The van der Waals surface area contributed by atoms with Crippen LogP contribution >= 0.6 is 23.2 Å². The van der Waals surface area contributed by atoms with E-state index in [0.717, 1.165) is 31.5 Å². The maximum Gasteiger partial charge on any atom is 0.254 e. The van der Waals surface area contributed by atoms with Crippen molar-refractivity contribution < 1.29 is 13.8 Å². The van der Waals surface area contributed by atoms with Gasteiger partial charge in [0.25, 0.3) is 5.91 Å². The first-order valence-electron chi connectivity index (χ1n) is 15.2. The van der Waals surface area contributed by atoms with Gasteiger partial charge in [0.15, 0.2) is 0 Å². The average Bonchev–Trinajstić information content (AvgIpc) is 3.30. The summed E-state index contributed by atoms with van der Waals surface area (Å²) in [5, 5.41) is 0.827. The third-order valence-corrected chi connectivity index (χ3v) is 12.3. The van der Waals surface area contributed by atoms with Crippen LogP contribution in [-0.2, 0) is 31.6 Å². The molecular formula is C35H41Cl2N3O3S. The van der Waals surface area contributed by atoms with Crippen molar-refractivity contribution in [3.05, 3.63) is 105 Å². The number of fused-ring (bicyclic) bond motifs is 2. The minimum atomic E-state index is -0.938. The second-order valence-corrected chi connectivity index (χ2v) is 15.0. The van der Waals surface area contributed by atoms with Gasteiger partial charge in [0.1, 0.15) is 0 Å². The van der Waals surface area contributed by atoms with E-state index in [1.165, 1.54) is 11.1 Å². The fraction of sp³-hybridized carbons (Fsp3) is 0.429. The van der Waals surface area contributed by atoms with Gasteiger partial charge in [-0.15, -0.1) is 0 Å². The summed E-state index contributed by atoms with van der Waals surface area (Å²) in [5.41, 5.74) is 2.93. The van der Waals surface area contributed by atoms with Gasteiger partial charge in [-0.1, -0.05) is 85.6 Å². The highest BCUT2D eigenvalue weighted by atomic mass is 35.5. The van der Waals surface area contributed by atoms with E-state index >= 15 is 0 Å². The monoisotopic (exact) mass is 653 g/mol. The summed E-state index contributed by atoms with van der Waals surface area (Å²) in [7, 11) is 2.68. The van der Waals surface area contributed by atoms with Crippen molar-refractivity contribution in [2.24, 2.45) is 5.92 Å². The maximum absolute atomic E-state index is 14.1. The van der Waals surface area contributed by atoms with E-state index in [-0.39, 0.29) is 29.0 Å². The van der Waals surface area contributed by atoms with Crippen molar-refractivity contribution in [1.29, 1.82) is 0 Å². The minimum absolute atomic E-state index is 0.00251. The highest BCUT2D eigenvalue weighted by Gasteiger charge is 2.48. The third kappa shape index (κ3) is 6.21. The van der Waals surface area contributed by atoms with Gasteiger partial charge in [-0.25, -0.2) is 0 Å². The van der Waals surface area contributed by atoms with Gasteiger partial charge in [0, 0.05) is 55.2 Å². The number of benzene rings is 3. The summed E-state index contributed by atoms with van der Waals surface area (Å²) in [6.07, 6.45) is 2.20. The molecule has 2 aliphatic heterocycles. The molecule has 0 N–H and O–H groups in total. The Morgan fingerprint density at radius 2 is 1.61 bits per heavy atom. The summed E-state index contributed by atoms with van der Waals surface area (Å²) in [5.74, 6) is 0.282. The molecule has 3 aromatic carbocycles. The fourth-order valence-electron chi connectivity index (χ4n) is 6.92. The molecule has 1 spiro atoms. The Hall–Kier alpha value is -2.71. The van der Waals surface area contributed by atoms with Crippen LogP contribution in [0, 0.1) is 5.92 Å². The lowest BCUT2D eigenvalue weighted by molar-refractivity contribution is -0.135. The summed E-state index contributed by atoms with van der Waals surface area (Å²) in [4.78, 5) is 33.3. The molecule has 2 atom stereocenters. The number of carbonyl (C=O) groups is 2. The molecule has 0 bridgehead atoms. The number of piperidine rings is 1. The quantitative estimate of drug-likeness (QED) is 0.257. The van der Waals surface area contributed by atoms with Crippen LogP contribution < -0.4 is 0 Å². The molecule has 1 unspecified atom stereocenters. The molecule has 0 aliphatic carbocycles. The van der Waals surface area contributed by atoms with Crippen molar-refractivity contribution in [2.75, 3.05) is 40.3 Å². The molecule has 0 aromatic heterocycles. The molecular weight excluding hydrogens is 613 g/mol. The Labute approximate surface area is 273 Å². The van der Waals surface area contributed by atoms with E-state index in [1.807, 2.05) is 69.4 Å². The largest absolute Gasteiger partial charge is 0.343 e. The first-order valence-corrected chi connectivity index (χ1v) is 17.3. The fourth-order valence-corrected chi connectivity index (χ4v) is 9.11. The van der Waals surface area contributed by atoms with Gasteiger partial charge in [-0.05, 0) is 73.3 Å². The van der Waals surface area contributed by atoms with E-state index in [1.54, 1.807) is 22.9 Å². The van der Waals surface area contributed by atoms with Gasteiger partial charge in [-0.3, -0.25) is 13.8 Å². The molecule has 234 valence electrons. The number of likely N-dealkylation sites (tertiary alicyclic amines) is 1. The molecule has 2 amide bonds. The number of carbonyl (C=O) groups excluding carboxylic acids is 2. The SMILES string of the molecule is CC(C)C(=O)N(C)C[C@](CCN1CCC2(CC1)c1ccccc1CS2=O)(c1ccc(Cl)c(Cl)c1)N(C)C(=O)c1ccccc1. The van der Waals surface area contributed by atoms with Gasteiger partial charge < -0.3 is 14.7 Å². The van der Waals surface area contributed by atoms with E-state index in [9.17, 15) is 13.8 Å². The van der Waals surface area contributed by atoms with Crippen LogP contribution in [0.25, 0.3) is 0 Å². The molecule has 6 nitrogen and oxygen atoms in total. The van der Waals surface area contributed by atoms with Crippen molar-refractivity contribution in [2.45, 2.75) is 49.1 Å². The Balaban J connectivity index is 1.48. The van der Waals surface area contributed by atoms with Crippen molar-refractivity contribution >= 4 is 45.8 Å². The number of hydrogen-bond donors (Lipinski definition) is 0. The van der Waals surface area contributed by atoms with Crippen LogP contribution in [0.1, 0.15) is 60.2 Å². The predicted molar refractivity (Wildman–Crippen MR) is 179 cm³/mol. The maximum atomic E-state index is 14.1. The predicted octanol–water partition coefficient (Wildman–Crippen LogP) is 6.72. The summed E-state index contributed by atoms with van der Waals surface area (Å²) in [6.45, 7) is 6.33. The number of amides is 2. The Kier molecular flexibility index (Phi) is 9.90. The zero-order valence-corrected chi connectivity index (χ0v) is 28.2. The van der Waals surface area contributed by atoms with E-state index in [2.05, 4.69) is 23.1 Å². The molecule has 0 saturated carbocycles. The first kappa shape index (κ1) is 32.7. The van der Waals surface area contributed by atoms with Crippen LogP contribution in [0.4, 0.5) is 0 Å². The zero-order chi connectivity index (χ0) is 31.6. The van der Waals surface area contributed by atoms with Crippen LogP contribution in [0.2, 0.25) is 10.0 Å². The van der Waals surface area contributed by atoms with Crippen molar-refractivity contribution in [3.63, 3.8) is 0 Å². The Bertz CT molecular complexity index is 1540. The Morgan fingerprint density at radius 1 is 0.955 bits per heavy atom. The van der Waals surface area contributed by atoms with Gasteiger partial charge in [0.05, 0.1) is 20.3 Å². The van der Waals surface area contributed by atoms with Crippen LogP contribution in [0.3, 0.4) is 0 Å². The van der Waals surface area contributed by atoms with Crippen molar-refractivity contribution in [3.8, 4) is 0 Å². The molecule has 44 heavy (non-hydrogen) atoms. The number of likely N-dealkylation sites (N-methyl/N-ethyl adjacent to an activating group) is 2. The zero-order valence-electron chi connectivity index (χ0n) is 25.9. The van der Waals surface area contributed by atoms with Crippen LogP contribution in [0.5, 0.6) is 0 Å². The summed E-state index contributed by atoms with van der Waals surface area (Å²) < 4.78 is 13.1. The normalized spacial score (nSPS) is 19.0. The van der Waals surface area contributed by atoms with Crippen LogP contribution in [0.15, 0.2) is 72.8 Å². The number of rotatable bonds is 9. The number of halogens is 2. The van der Waals surface area contributed by atoms with Gasteiger partial charge >= 0.3 is 0 Å². The lowest BCUT2D eigenvalue weighted by Crippen LogP contribution is -2.56.